The van der Waals surface area contributed by atoms with Crippen LogP contribution in [0.25, 0.3) is 11.3 Å². The summed E-state index contributed by atoms with van der Waals surface area (Å²) in [5, 5.41) is 3.39. The van der Waals surface area contributed by atoms with Crippen molar-refractivity contribution in [2.45, 2.75) is 32.9 Å². The van der Waals surface area contributed by atoms with Crippen molar-refractivity contribution >= 4 is 0 Å². The van der Waals surface area contributed by atoms with Gasteiger partial charge in [-0.05, 0) is 5.92 Å². The molecule has 18 heavy (non-hydrogen) atoms. The van der Waals surface area contributed by atoms with E-state index in [1.165, 1.54) is 17.1 Å². The lowest BCUT2D eigenvalue weighted by molar-refractivity contribution is 0.487. The number of nitrogens with one attached hydrogen (secondary N) is 1. The highest BCUT2D eigenvalue weighted by molar-refractivity contribution is 5.63. The number of aromatic nitrogens is 2. The van der Waals surface area contributed by atoms with Gasteiger partial charge in [0.15, 0.2) is 0 Å². The molecule has 3 rings (SSSR count). The quantitative estimate of drug-likeness (QED) is 0.876. The van der Waals surface area contributed by atoms with Crippen LogP contribution >= 0.6 is 0 Å². The monoisotopic (exact) mass is 241 g/mol. The van der Waals surface area contributed by atoms with E-state index in [4.69, 9.17) is 4.98 Å². The summed E-state index contributed by atoms with van der Waals surface area (Å²) in [6.07, 6.45) is 0. The second-order valence-corrected chi connectivity index (χ2v) is 5.11. The maximum Gasteiger partial charge on any atom is 0.123 e. The maximum atomic E-state index is 4.84. The van der Waals surface area contributed by atoms with Crippen molar-refractivity contribution in [3.63, 3.8) is 0 Å². The molecule has 0 radical (unpaired) electrons. The number of hydrogen-bond donors (Lipinski definition) is 1. The number of rotatable bonds is 2. The molecular formula is C15H19N3. The second kappa shape index (κ2) is 4.58. The van der Waals surface area contributed by atoms with Crippen LogP contribution in [0.15, 0.2) is 30.3 Å². The van der Waals surface area contributed by atoms with Crippen LogP contribution in [0.2, 0.25) is 0 Å². The zero-order valence-electron chi connectivity index (χ0n) is 11.0. The average molecular weight is 241 g/mol. The van der Waals surface area contributed by atoms with Crippen LogP contribution in [-0.2, 0) is 13.1 Å². The summed E-state index contributed by atoms with van der Waals surface area (Å²) < 4.78 is 2.39. The fraction of sp³-hybridized carbons (Fsp3) is 0.400. The molecule has 3 heteroatoms. The topological polar surface area (TPSA) is 29.9 Å². The first-order valence-electron chi connectivity index (χ1n) is 6.63. The Morgan fingerprint density at radius 1 is 1.22 bits per heavy atom. The molecule has 0 unspecified atom stereocenters. The molecule has 0 bridgehead atoms. The zero-order chi connectivity index (χ0) is 12.5. The van der Waals surface area contributed by atoms with Crippen molar-refractivity contribution in [3.05, 3.63) is 41.9 Å². The molecule has 2 heterocycles. The molecule has 0 atom stereocenters. The molecule has 0 saturated carbocycles. The van der Waals surface area contributed by atoms with Crippen LogP contribution in [0, 0.1) is 0 Å². The van der Waals surface area contributed by atoms with Gasteiger partial charge in [-0.3, -0.25) is 0 Å². The Balaban J connectivity index is 2.17. The highest BCUT2D eigenvalue weighted by atomic mass is 15.2. The van der Waals surface area contributed by atoms with Gasteiger partial charge < -0.3 is 9.88 Å². The Labute approximate surface area is 108 Å². The van der Waals surface area contributed by atoms with Gasteiger partial charge in [-0.25, -0.2) is 4.98 Å². The minimum absolute atomic E-state index is 0.500. The SMILES string of the molecule is CC(C)c1c(-c2ccccc2)nc2n1CCNC2. The van der Waals surface area contributed by atoms with E-state index < -0.39 is 0 Å². The van der Waals surface area contributed by atoms with Crippen molar-refractivity contribution in [2.24, 2.45) is 0 Å². The Kier molecular flexibility index (Phi) is 2.92. The lowest BCUT2D eigenvalue weighted by Crippen LogP contribution is -2.29. The zero-order valence-corrected chi connectivity index (χ0v) is 11.0. The molecule has 1 aliphatic heterocycles. The first-order valence-corrected chi connectivity index (χ1v) is 6.63. The predicted molar refractivity (Wildman–Crippen MR) is 73.5 cm³/mol. The van der Waals surface area contributed by atoms with Crippen molar-refractivity contribution in [3.8, 4) is 11.3 Å². The highest BCUT2D eigenvalue weighted by Gasteiger charge is 2.21. The molecule has 0 fully saturated rings. The first kappa shape index (κ1) is 11.5. The van der Waals surface area contributed by atoms with E-state index in [1.807, 2.05) is 0 Å². The summed E-state index contributed by atoms with van der Waals surface area (Å²) in [6, 6.07) is 10.5. The summed E-state index contributed by atoms with van der Waals surface area (Å²) in [5.41, 5.74) is 3.75. The number of benzene rings is 1. The molecule has 1 N–H and O–H groups in total. The molecular weight excluding hydrogens is 222 g/mol. The van der Waals surface area contributed by atoms with E-state index in [-0.39, 0.29) is 0 Å². The fourth-order valence-electron chi connectivity index (χ4n) is 2.68. The van der Waals surface area contributed by atoms with Gasteiger partial charge in [-0.1, -0.05) is 44.2 Å². The van der Waals surface area contributed by atoms with E-state index in [0.717, 1.165) is 25.3 Å². The Morgan fingerprint density at radius 2 is 2.00 bits per heavy atom. The minimum atomic E-state index is 0.500. The van der Waals surface area contributed by atoms with Crippen LogP contribution in [0.3, 0.4) is 0 Å². The summed E-state index contributed by atoms with van der Waals surface area (Å²) in [5.74, 6) is 1.67. The number of hydrogen-bond acceptors (Lipinski definition) is 2. The minimum Gasteiger partial charge on any atom is -0.329 e. The van der Waals surface area contributed by atoms with Gasteiger partial charge in [0.05, 0.1) is 12.2 Å². The van der Waals surface area contributed by atoms with Crippen LogP contribution in [0.4, 0.5) is 0 Å². The number of imidazole rings is 1. The van der Waals surface area contributed by atoms with Gasteiger partial charge in [0.25, 0.3) is 0 Å². The molecule has 3 nitrogen and oxygen atoms in total. The van der Waals surface area contributed by atoms with Gasteiger partial charge in [-0.15, -0.1) is 0 Å². The van der Waals surface area contributed by atoms with Gasteiger partial charge in [0.1, 0.15) is 5.82 Å². The fourth-order valence-corrected chi connectivity index (χ4v) is 2.68. The normalized spacial score (nSPS) is 14.8. The second-order valence-electron chi connectivity index (χ2n) is 5.11. The van der Waals surface area contributed by atoms with E-state index in [9.17, 15) is 0 Å². The molecule has 1 aromatic carbocycles. The molecule has 2 aromatic rings. The third-order valence-corrected chi connectivity index (χ3v) is 3.48. The third kappa shape index (κ3) is 1.85. The first-order chi connectivity index (χ1) is 8.77. The van der Waals surface area contributed by atoms with Gasteiger partial charge >= 0.3 is 0 Å². The van der Waals surface area contributed by atoms with E-state index >= 15 is 0 Å². The molecule has 0 aliphatic carbocycles. The van der Waals surface area contributed by atoms with Gasteiger partial charge in [0, 0.05) is 24.3 Å². The average Bonchev–Trinajstić information content (AvgIpc) is 2.79. The van der Waals surface area contributed by atoms with Crippen LogP contribution in [0.1, 0.15) is 31.3 Å². The van der Waals surface area contributed by atoms with E-state index in [1.54, 1.807) is 0 Å². The summed E-state index contributed by atoms with van der Waals surface area (Å²) >= 11 is 0. The molecule has 0 saturated heterocycles. The van der Waals surface area contributed by atoms with E-state index in [2.05, 4.69) is 54.1 Å². The largest absolute Gasteiger partial charge is 0.329 e. The lowest BCUT2D eigenvalue weighted by Gasteiger charge is -2.19. The predicted octanol–water partition coefficient (Wildman–Crippen LogP) is 2.78. The Morgan fingerprint density at radius 3 is 2.72 bits per heavy atom. The molecule has 1 aliphatic rings. The standard InChI is InChI=1S/C15H19N3/c1-11(2)15-14(12-6-4-3-5-7-12)17-13-10-16-8-9-18(13)15/h3-7,11,16H,8-10H2,1-2H3. The van der Waals surface area contributed by atoms with Gasteiger partial charge in [0.2, 0.25) is 0 Å². The van der Waals surface area contributed by atoms with Gasteiger partial charge in [-0.2, -0.15) is 0 Å². The third-order valence-electron chi connectivity index (χ3n) is 3.48. The number of fused-ring (bicyclic) bond motifs is 1. The molecule has 0 amide bonds. The lowest BCUT2D eigenvalue weighted by atomic mass is 10.0. The van der Waals surface area contributed by atoms with Crippen LogP contribution in [-0.4, -0.2) is 16.1 Å². The summed E-state index contributed by atoms with van der Waals surface area (Å²) in [4.78, 5) is 4.84. The smallest absolute Gasteiger partial charge is 0.123 e. The van der Waals surface area contributed by atoms with Crippen molar-refractivity contribution in [1.82, 2.24) is 14.9 Å². The molecule has 0 spiro atoms. The molecule has 1 aromatic heterocycles. The summed E-state index contributed by atoms with van der Waals surface area (Å²) in [7, 11) is 0. The number of nitrogens with zero attached hydrogens (tertiary/aromatic N) is 2. The highest BCUT2D eigenvalue weighted by Crippen LogP contribution is 2.30. The molecule has 94 valence electrons. The van der Waals surface area contributed by atoms with Crippen LogP contribution in [0.5, 0.6) is 0 Å². The van der Waals surface area contributed by atoms with Crippen molar-refractivity contribution < 1.29 is 0 Å². The Bertz CT molecular complexity index is 540. The Hall–Kier alpha value is -1.61. The maximum absolute atomic E-state index is 4.84. The van der Waals surface area contributed by atoms with Crippen molar-refractivity contribution in [2.75, 3.05) is 6.54 Å². The van der Waals surface area contributed by atoms with Crippen molar-refractivity contribution in [1.29, 1.82) is 0 Å². The summed E-state index contributed by atoms with van der Waals surface area (Å²) in [6.45, 7) is 7.45. The van der Waals surface area contributed by atoms with E-state index in [0.29, 0.717) is 5.92 Å². The van der Waals surface area contributed by atoms with Crippen LogP contribution < -0.4 is 5.32 Å².